The average molecular weight is 726 g/mol. The van der Waals surface area contributed by atoms with Crippen LogP contribution in [-0.4, -0.2) is 0 Å². The maximum atomic E-state index is 2.48. The zero-order valence-corrected chi connectivity index (χ0v) is 31.5. The van der Waals surface area contributed by atoms with Crippen LogP contribution in [0.3, 0.4) is 0 Å². The molecular weight excluding hydrogens is 687 g/mol. The van der Waals surface area contributed by atoms with Crippen LogP contribution in [0.5, 0.6) is 0 Å². The lowest BCUT2D eigenvalue weighted by Crippen LogP contribution is -2.13. The summed E-state index contributed by atoms with van der Waals surface area (Å²) in [4.78, 5) is 2.48. The predicted molar refractivity (Wildman–Crippen MR) is 243 cm³/mol. The molecule has 0 amide bonds. The fourth-order valence-corrected chi connectivity index (χ4v) is 8.37. The van der Waals surface area contributed by atoms with Crippen LogP contribution in [0.1, 0.15) is 0 Å². The number of hydrogen-bond donors (Lipinski definition) is 0. The fraction of sp³-hybridized carbons (Fsp3) is 0. The number of hydrogen-bond acceptors (Lipinski definition) is 1. The van der Waals surface area contributed by atoms with E-state index in [0.29, 0.717) is 0 Å². The summed E-state index contributed by atoms with van der Waals surface area (Å²) in [5.74, 6) is 0. The van der Waals surface area contributed by atoms with Crippen molar-refractivity contribution in [1.82, 2.24) is 0 Å². The SMILES string of the molecule is c1ccc(-c2ccc(N(c3ccc(-c4ccccc4)cc3-c3ccccc3)c3cccc(-c4cccc5ccccc45)c3-c3cccc4ccccc34)cc2)cc1. The van der Waals surface area contributed by atoms with Gasteiger partial charge in [-0.2, -0.15) is 0 Å². The molecule has 268 valence electrons. The van der Waals surface area contributed by atoms with E-state index in [0.717, 1.165) is 28.2 Å². The van der Waals surface area contributed by atoms with E-state index < -0.39 is 0 Å². The number of rotatable bonds is 8. The number of benzene rings is 10. The van der Waals surface area contributed by atoms with Gasteiger partial charge in [0.15, 0.2) is 0 Å². The van der Waals surface area contributed by atoms with Crippen molar-refractivity contribution in [2.75, 3.05) is 4.90 Å². The van der Waals surface area contributed by atoms with E-state index in [9.17, 15) is 0 Å². The maximum absolute atomic E-state index is 2.48. The molecule has 0 atom stereocenters. The Morgan fingerprint density at radius 3 is 1.35 bits per heavy atom. The topological polar surface area (TPSA) is 3.24 Å². The van der Waals surface area contributed by atoms with Crippen molar-refractivity contribution in [3.05, 3.63) is 237 Å². The highest BCUT2D eigenvalue weighted by atomic mass is 15.1. The van der Waals surface area contributed by atoms with Crippen LogP contribution in [-0.2, 0) is 0 Å². The Labute approximate surface area is 334 Å². The maximum Gasteiger partial charge on any atom is 0.0546 e. The minimum Gasteiger partial charge on any atom is -0.309 e. The van der Waals surface area contributed by atoms with Crippen molar-refractivity contribution in [2.45, 2.75) is 0 Å². The molecule has 0 aromatic heterocycles. The number of fused-ring (bicyclic) bond motifs is 2. The summed E-state index contributed by atoms with van der Waals surface area (Å²) in [6, 6.07) is 85.8. The van der Waals surface area contributed by atoms with Gasteiger partial charge in [-0.25, -0.2) is 0 Å². The third-order valence-electron chi connectivity index (χ3n) is 11.1. The van der Waals surface area contributed by atoms with Gasteiger partial charge in [0.25, 0.3) is 0 Å². The van der Waals surface area contributed by atoms with Crippen LogP contribution in [0.2, 0.25) is 0 Å². The Morgan fingerprint density at radius 2 is 0.702 bits per heavy atom. The van der Waals surface area contributed by atoms with E-state index in [4.69, 9.17) is 0 Å². The molecule has 57 heavy (non-hydrogen) atoms. The van der Waals surface area contributed by atoms with Crippen molar-refractivity contribution < 1.29 is 0 Å². The lowest BCUT2D eigenvalue weighted by Gasteiger charge is -2.32. The third kappa shape index (κ3) is 6.46. The van der Waals surface area contributed by atoms with Crippen molar-refractivity contribution in [2.24, 2.45) is 0 Å². The van der Waals surface area contributed by atoms with E-state index in [2.05, 4.69) is 241 Å². The number of nitrogens with zero attached hydrogens (tertiary/aromatic N) is 1. The van der Waals surface area contributed by atoms with Gasteiger partial charge < -0.3 is 4.90 Å². The Kier molecular flexibility index (Phi) is 8.95. The van der Waals surface area contributed by atoms with E-state index in [1.165, 1.54) is 66.1 Å². The van der Waals surface area contributed by atoms with Crippen LogP contribution in [0.25, 0.3) is 77.2 Å². The molecular formula is C56H39N. The van der Waals surface area contributed by atoms with E-state index >= 15 is 0 Å². The van der Waals surface area contributed by atoms with Gasteiger partial charge in [-0.05, 0) is 96.4 Å². The minimum absolute atomic E-state index is 1.08. The van der Waals surface area contributed by atoms with Crippen molar-refractivity contribution in [3.8, 4) is 55.6 Å². The molecule has 0 N–H and O–H groups in total. The normalized spacial score (nSPS) is 11.2. The molecule has 0 aliphatic heterocycles. The summed E-state index contributed by atoms with van der Waals surface area (Å²) in [5.41, 5.74) is 15.1. The Bertz CT molecular complexity index is 2980. The van der Waals surface area contributed by atoms with Gasteiger partial charge in [-0.3, -0.25) is 0 Å². The second-order valence-electron chi connectivity index (χ2n) is 14.5. The largest absolute Gasteiger partial charge is 0.309 e. The van der Waals surface area contributed by atoms with Crippen LogP contribution in [0.15, 0.2) is 237 Å². The lowest BCUT2D eigenvalue weighted by molar-refractivity contribution is 1.28. The highest BCUT2D eigenvalue weighted by Crippen LogP contribution is 2.50. The third-order valence-corrected chi connectivity index (χ3v) is 11.1. The van der Waals surface area contributed by atoms with Gasteiger partial charge >= 0.3 is 0 Å². The molecule has 0 heterocycles. The molecule has 0 spiro atoms. The lowest BCUT2D eigenvalue weighted by atomic mass is 9.87. The molecule has 0 fully saturated rings. The van der Waals surface area contributed by atoms with Gasteiger partial charge in [0, 0.05) is 16.8 Å². The monoisotopic (exact) mass is 725 g/mol. The molecule has 0 aliphatic carbocycles. The average Bonchev–Trinajstić information content (AvgIpc) is 3.30. The van der Waals surface area contributed by atoms with Crippen molar-refractivity contribution >= 4 is 38.6 Å². The standard InChI is InChI=1S/C56H39N/c1-4-17-40(18-5-1)42-33-36-47(37-34-42)57(54-38-35-46(41-19-6-2-7-20-41)39-53(54)45-21-8-3-9-22-45)55-32-16-31-52(50-29-14-25-43-23-10-12-27-48(43)50)56(55)51-30-15-26-44-24-11-13-28-49(44)51/h1-39H. The van der Waals surface area contributed by atoms with Crippen molar-refractivity contribution in [1.29, 1.82) is 0 Å². The highest BCUT2D eigenvalue weighted by molar-refractivity contribution is 6.10. The van der Waals surface area contributed by atoms with Gasteiger partial charge in [0.05, 0.1) is 11.4 Å². The first kappa shape index (κ1) is 34.0. The summed E-state index contributed by atoms with van der Waals surface area (Å²) in [6.45, 7) is 0. The number of anilines is 3. The Morgan fingerprint density at radius 1 is 0.246 bits per heavy atom. The first-order chi connectivity index (χ1) is 28.3. The Hall–Kier alpha value is -7.48. The first-order valence-electron chi connectivity index (χ1n) is 19.6. The molecule has 10 rings (SSSR count). The summed E-state index contributed by atoms with van der Waals surface area (Å²) in [5, 5.41) is 4.88. The molecule has 0 unspecified atom stereocenters. The smallest absolute Gasteiger partial charge is 0.0546 e. The summed E-state index contributed by atoms with van der Waals surface area (Å²) in [6.07, 6.45) is 0. The fourth-order valence-electron chi connectivity index (χ4n) is 8.37. The highest BCUT2D eigenvalue weighted by Gasteiger charge is 2.25. The summed E-state index contributed by atoms with van der Waals surface area (Å²) < 4.78 is 0. The molecule has 1 heteroatoms. The quantitative estimate of drug-likeness (QED) is 0.151. The summed E-state index contributed by atoms with van der Waals surface area (Å²) in [7, 11) is 0. The second kappa shape index (κ2) is 15.0. The minimum atomic E-state index is 1.08. The van der Waals surface area contributed by atoms with E-state index in [1.54, 1.807) is 0 Å². The van der Waals surface area contributed by atoms with E-state index in [1.807, 2.05) is 0 Å². The molecule has 0 saturated heterocycles. The van der Waals surface area contributed by atoms with E-state index in [-0.39, 0.29) is 0 Å². The molecule has 0 saturated carbocycles. The Balaban J connectivity index is 1.30. The van der Waals surface area contributed by atoms with Gasteiger partial charge in [0.1, 0.15) is 0 Å². The van der Waals surface area contributed by atoms with Crippen LogP contribution < -0.4 is 4.90 Å². The molecule has 0 bridgehead atoms. The van der Waals surface area contributed by atoms with Crippen molar-refractivity contribution in [3.63, 3.8) is 0 Å². The first-order valence-corrected chi connectivity index (χ1v) is 19.6. The zero-order valence-electron chi connectivity index (χ0n) is 31.5. The van der Waals surface area contributed by atoms with Gasteiger partial charge in [-0.15, -0.1) is 0 Å². The zero-order chi connectivity index (χ0) is 38.0. The molecule has 10 aromatic rings. The second-order valence-corrected chi connectivity index (χ2v) is 14.5. The molecule has 0 aliphatic rings. The van der Waals surface area contributed by atoms with Gasteiger partial charge in [0.2, 0.25) is 0 Å². The van der Waals surface area contributed by atoms with Crippen LogP contribution in [0.4, 0.5) is 17.1 Å². The van der Waals surface area contributed by atoms with Crippen LogP contribution in [0, 0.1) is 0 Å². The van der Waals surface area contributed by atoms with Crippen LogP contribution >= 0.6 is 0 Å². The molecule has 0 radical (unpaired) electrons. The van der Waals surface area contributed by atoms with Gasteiger partial charge in [-0.1, -0.05) is 206 Å². The molecule has 1 nitrogen and oxygen atoms in total. The predicted octanol–water partition coefficient (Wildman–Crippen LogP) is 15.8. The summed E-state index contributed by atoms with van der Waals surface area (Å²) >= 11 is 0. The molecule has 10 aromatic carbocycles.